The number of aromatic nitrogens is 2. The third-order valence-electron chi connectivity index (χ3n) is 5.05. The first-order valence-electron chi connectivity index (χ1n) is 9.64. The van der Waals surface area contributed by atoms with Crippen molar-refractivity contribution < 1.29 is 19.1 Å². The number of hydrogen-bond acceptors (Lipinski definition) is 5. The zero-order valence-electron chi connectivity index (χ0n) is 17.4. The van der Waals surface area contributed by atoms with Crippen molar-refractivity contribution in [2.45, 2.75) is 52.2 Å². The number of aldehydes is 1. The zero-order chi connectivity index (χ0) is 21.4. The highest BCUT2D eigenvalue weighted by Gasteiger charge is 2.17. The average Bonchev–Trinajstić information content (AvgIpc) is 2.72. The lowest BCUT2D eigenvalue weighted by Crippen LogP contribution is -2.35. The number of ether oxygens (including phenoxy) is 1. The second-order valence-electron chi connectivity index (χ2n) is 6.92. The van der Waals surface area contributed by atoms with E-state index in [4.69, 9.17) is 4.74 Å². The summed E-state index contributed by atoms with van der Waals surface area (Å²) >= 11 is 0. The standard InChI is InChI=1S/C21H28N4O4/c1-14-11-17-18(12-15(14)2)25(9-8-16(29-4)7-5-6-10-26)20(23-13-27)19(24-17)21(28)22-3/h10-13,16H,5-9H2,1-4H3,(H,22,28). The number of carbonyl (C=O) groups is 3. The molecule has 0 fully saturated rings. The van der Waals surface area contributed by atoms with E-state index in [1.165, 1.54) is 7.05 Å². The molecule has 1 aromatic carbocycles. The summed E-state index contributed by atoms with van der Waals surface area (Å²) in [5.74, 6) is -0.409. The summed E-state index contributed by atoms with van der Waals surface area (Å²) in [5.41, 5.74) is 3.91. The summed E-state index contributed by atoms with van der Waals surface area (Å²) in [4.78, 5) is 42.6. The first kappa shape index (κ1) is 22.4. The van der Waals surface area contributed by atoms with Crippen LogP contribution in [0.5, 0.6) is 0 Å². The molecular weight excluding hydrogens is 372 g/mol. The van der Waals surface area contributed by atoms with Gasteiger partial charge in [-0.2, -0.15) is 4.99 Å². The molecule has 29 heavy (non-hydrogen) atoms. The Balaban J connectivity index is 2.59. The minimum atomic E-state index is -0.409. The van der Waals surface area contributed by atoms with E-state index in [-0.39, 0.29) is 17.3 Å². The number of rotatable bonds is 10. The molecule has 1 aromatic heterocycles. The molecule has 156 valence electrons. The van der Waals surface area contributed by atoms with E-state index < -0.39 is 5.91 Å². The Labute approximate surface area is 170 Å². The van der Waals surface area contributed by atoms with E-state index in [0.29, 0.717) is 31.3 Å². The van der Waals surface area contributed by atoms with Gasteiger partial charge in [-0.1, -0.05) is 0 Å². The number of nitrogens with zero attached hydrogens (tertiary/aromatic N) is 3. The van der Waals surface area contributed by atoms with Gasteiger partial charge in [-0.3, -0.25) is 9.59 Å². The van der Waals surface area contributed by atoms with Crippen LogP contribution in [0, 0.1) is 13.8 Å². The molecule has 1 unspecified atom stereocenters. The molecule has 0 saturated carbocycles. The molecule has 1 heterocycles. The Kier molecular flexibility index (Phi) is 8.21. The van der Waals surface area contributed by atoms with Crippen LogP contribution in [-0.2, 0) is 20.9 Å². The Bertz CT molecular complexity index is 965. The number of benzene rings is 1. The van der Waals surface area contributed by atoms with Crippen molar-refractivity contribution in [2.75, 3.05) is 14.2 Å². The van der Waals surface area contributed by atoms with Gasteiger partial charge in [0.25, 0.3) is 5.91 Å². The summed E-state index contributed by atoms with van der Waals surface area (Å²) in [6, 6.07) is 3.92. The number of fused-ring (bicyclic) bond motifs is 1. The molecule has 0 saturated heterocycles. The maximum Gasteiger partial charge on any atom is 0.273 e. The van der Waals surface area contributed by atoms with Gasteiger partial charge in [0.1, 0.15) is 6.29 Å². The van der Waals surface area contributed by atoms with Crippen LogP contribution in [0.15, 0.2) is 17.1 Å². The molecular formula is C21H28N4O4. The molecule has 0 aliphatic rings. The Morgan fingerprint density at radius 2 is 2.00 bits per heavy atom. The predicted molar refractivity (Wildman–Crippen MR) is 110 cm³/mol. The normalized spacial score (nSPS) is 12.8. The number of hydrogen-bond donors (Lipinski definition) is 1. The molecule has 1 atom stereocenters. The highest BCUT2D eigenvalue weighted by Crippen LogP contribution is 2.18. The fraction of sp³-hybridized carbons (Fsp3) is 0.476. The summed E-state index contributed by atoms with van der Waals surface area (Å²) in [7, 11) is 3.15. The molecule has 0 bridgehead atoms. The number of amides is 2. The SMILES string of the molecule is CNC(=O)c1nc2cc(C)c(C)cc2n(CCC(CCCC=O)OC)c1=NC=O. The molecule has 0 spiro atoms. The van der Waals surface area contributed by atoms with Crippen molar-refractivity contribution >= 4 is 29.6 Å². The van der Waals surface area contributed by atoms with Crippen LogP contribution in [0.2, 0.25) is 0 Å². The summed E-state index contributed by atoms with van der Waals surface area (Å²) < 4.78 is 7.39. The first-order chi connectivity index (χ1) is 14.0. The Hall–Kier alpha value is -2.87. The second kappa shape index (κ2) is 10.6. The number of methoxy groups -OCH3 is 1. The predicted octanol–water partition coefficient (Wildman–Crippen LogP) is 1.84. The molecule has 2 amide bonds. The largest absolute Gasteiger partial charge is 0.381 e. The number of carbonyl (C=O) groups excluding carboxylic acids is 3. The van der Waals surface area contributed by atoms with Gasteiger partial charge in [-0.15, -0.1) is 0 Å². The van der Waals surface area contributed by atoms with Crippen LogP contribution in [-0.4, -0.2) is 48.4 Å². The number of unbranched alkanes of at least 4 members (excludes halogenated alkanes) is 1. The van der Waals surface area contributed by atoms with E-state index in [2.05, 4.69) is 15.3 Å². The topological polar surface area (TPSA) is 103 Å². The van der Waals surface area contributed by atoms with Crippen LogP contribution in [0.3, 0.4) is 0 Å². The molecule has 2 aromatic rings. The lowest BCUT2D eigenvalue weighted by molar-refractivity contribution is -0.108. The minimum Gasteiger partial charge on any atom is -0.381 e. The van der Waals surface area contributed by atoms with Crippen LogP contribution in [0.4, 0.5) is 0 Å². The van der Waals surface area contributed by atoms with Crippen LogP contribution >= 0.6 is 0 Å². The van der Waals surface area contributed by atoms with Crippen LogP contribution < -0.4 is 10.8 Å². The Morgan fingerprint density at radius 1 is 1.28 bits per heavy atom. The molecule has 8 nitrogen and oxygen atoms in total. The zero-order valence-corrected chi connectivity index (χ0v) is 17.4. The summed E-state index contributed by atoms with van der Waals surface area (Å²) in [5, 5.41) is 2.56. The smallest absolute Gasteiger partial charge is 0.273 e. The van der Waals surface area contributed by atoms with Crippen LogP contribution in [0.25, 0.3) is 11.0 Å². The molecule has 2 rings (SSSR count). The van der Waals surface area contributed by atoms with Gasteiger partial charge in [0.05, 0.1) is 17.1 Å². The number of aryl methyl sites for hydroxylation is 3. The van der Waals surface area contributed by atoms with Crippen molar-refractivity contribution in [2.24, 2.45) is 4.99 Å². The minimum absolute atomic E-state index is 0.0512. The molecule has 0 aliphatic heterocycles. The third kappa shape index (κ3) is 5.35. The van der Waals surface area contributed by atoms with Gasteiger partial charge in [-0.05, 0) is 56.4 Å². The van der Waals surface area contributed by atoms with Crippen LogP contribution in [0.1, 0.15) is 47.3 Å². The van der Waals surface area contributed by atoms with E-state index >= 15 is 0 Å². The first-order valence-corrected chi connectivity index (χ1v) is 9.64. The number of nitrogens with one attached hydrogen (secondary N) is 1. The van der Waals surface area contributed by atoms with Gasteiger partial charge in [-0.25, -0.2) is 4.98 Å². The maximum absolute atomic E-state index is 12.4. The highest BCUT2D eigenvalue weighted by molar-refractivity contribution is 5.93. The van der Waals surface area contributed by atoms with Crippen molar-refractivity contribution in [3.05, 3.63) is 34.4 Å². The van der Waals surface area contributed by atoms with Gasteiger partial charge in [0.2, 0.25) is 6.41 Å². The summed E-state index contributed by atoms with van der Waals surface area (Å²) in [6.07, 6.45) is 3.90. The fourth-order valence-electron chi connectivity index (χ4n) is 3.26. The lowest BCUT2D eigenvalue weighted by atomic mass is 10.1. The molecule has 0 radical (unpaired) electrons. The van der Waals surface area contributed by atoms with Crippen molar-refractivity contribution in [3.63, 3.8) is 0 Å². The van der Waals surface area contributed by atoms with Crippen molar-refractivity contribution in [1.29, 1.82) is 0 Å². The van der Waals surface area contributed by atoms with Crippen molar-refractivity contribution in [1.82, 2.24) is 14.9 Å². The second-order valence-corrected chi connectivity index (χ2v) is 6.92. The molecule has 0 aliphatic carbocycles. The van der Waals surface area contributed by atoms with E-state index in [1.807, 2.05) is 30.5 Å². The van der Waals surface area contributed by atoms with Gasteiger partial charge in [0, 0.05) is 27.1 Å². The van der Waals surface area contributed by atoms with E-state index in [0.717, 1.165) is 35.8 Å². The lowest BCUT2D eigenvalue weighted by Gasteiger charge is -2.19. The average molecular weight is 400 g/mol. The monoisotopic (exact) mass is 400 g/mol. The van der Waals surface area contributed by atoms with Gasteiger partial charge in [0.15, 0.2) is 11.2 Å². The van der Waals surface area contributed by atoms with E-state index in [9.17, 15) is 14.4 Å². The van der Waals surface area contributed by atoms with Gasteiger partial charge >= 0.3 is 0 Å². The molecule has 1 N–H and O–H groups in total. The Morgan fingerprint density at radius 3 is 2.62 bits per heavy atom. The quantitative estimate of drug-likeness (QED) is 0.484. The third-order valence-corrected chi connectivity index (χ3v) is 5.05. The van der Waals surface area contributed by atoms with Crippen molar-refractivity contribution in [3.8, 4) is 0 Å². The van der Waals surface area contributed by atoms with Gasteiger partial charge < -0.3 is 19.4 Å². The highest BCUT2D eigenvalue weighted by atomic mass is 16.5. The molecule has 8 heteroatoms. The fourth-order valence-corrected chi connectivity index (χ4v) is 3.26. The maximum atomic E-state index is 12.4. The van der Waals surface area contributed by atoms with E-state index in [1.54, 1.807) is 7.11 Å². The summed E-state index contributed by atoms with van der Waals surface area (Å²) in [6.45, 7) is 4.47.